The number of rotatable bonds is 4. The van der Waals surface area contributed by atoms with Gasteiger partial charge in [-0.3, -0.25) is 0 Å². The van der Waals surface area contributed by atoms with Crippen LogP contribution in [0.25, 0.3) is 11.4 Å². The Kier molecular flexibility index (Phi) is 4.37. The maximum absolute atomic E-state index is 14.0. The molecule has 0 bridgehead atoms. The molecule has 3 aromatic rings. The highest BCUT2D eigenvalue weighted by atomic mass is 19.1. The van der Waals surface area contributed by atoms with Gasteiger partial charge in [-0.05, 0) is 29.8 Å². The molecule has 1 heterocycles. The minimum absolute atomic E-state index is 0.213. The van der Waals surface area contributed by atoms with Gasteiger partial charge in [0.2, 0.25) is 0 Å². The fraction of sp³-hybridized carbons (Fsp3) is 0.111. The van der Waals surface area contributed by atoms with Gasteiger partial charge in [0.1, 0.15) is 17.5 Å². The van der Waals surface area contributed by atoms with E-state index in [-0.39, 0.29) is 5.56 Å². The lowest BCUT2D eigenvalue weighted by molar-refractivity contribution is 0.0600. The minimum Gasteiger partial charge on any atom is -0.465 e. The Morgan fingerprint density at radius 3 is 2.79 bits per heavy atom. The molecular formula is C18H14F2N2O2. The van der Waals surface area contributed by atoms with Crippen molar-refractivity contribution in [2.45, 2.75) is 6.54 Å². The highest BCUT2D eigenvalue weighted by molar-refractivity contribution is 5.89. The van der Waals surface area contributed by atoms with Crippen molar-refractivity contribution in [3.05, 3.63) is 77.6 Å². The maximum atomic E-state index is 14.0. The largest absolute Gasteiger partial charge is 0.465 e. The number of aromatic nitrogens is 2. The Morgan fingerprint density at radius 2 is 2.04 bits per heavy atom. The summed E-state index contributed by atoms with van der Waals surface area (Å²) in [5.41, 5.74) is 1.48. The predicted octanol–water partition coefficient (Wildman–Crippen LogP) is 3.66. The first kappa shape index (κ1) is 15.9. The highest BCUT2D eigenvalue weighted by Gasteiger charge is 2.13. The van der Waals surface area contributed by atoms with Crippen molar-refractivity contribution in [1.82, 2.24) is 9.55 Å². The van der Waals surface area contributed by atoms with E-state index in [0.717, 1.165) is 11.6 Å². The Bertz CT molecular complexity index is 890. The zero-order valence-corrected chi connectivity index (χ0v) is 12.9. The van der Waals surface area contributed by atoms with Crippen LogP contribution in [0, 0.1) is 11.6 Å². The number of nitrogens with zero attached hydrogens (tertiary/aromatic N) is 2. The molecule has 0 aliphatic carbocycles. The fourth-order valence-corrected chi connectivity index (χ4v) is 2.46. The van der Waals surface area contributed by atoms with Gasteiger partial charge in [0.15, 0.2) is 0 Å². The number of carbonyl (C=O) groups is 1. The second-order valence-corrected chi connectivity index (χ2v) is 5.19. The second-order valence-electron chi connectivity index (χ2n) is 5.19. The smallest absolute Gasteiger partial charge is 0.337 e. The Balaban J connectivity index is 1.93. The van der Waals surface area contributed by atoms with Crippen molar-refractivity contribution >= 4 is 5.97 Å². The molecule has 0 amide bonds. The molecule has 0 saturated carbocycles. The predicted molar refractivity (Wildman–Crippen MR) is 84.5 cm³/mol. The molecular weight excluding hydrogens is 314 g/mol. The standard InChI is InChI=1S/C18H14F2N2O2/c1-24-18(23)13-4-2-3-12(9-13)11-22-8-7-21-17(22)15-6-5-14(19)10-16(15)20/h2-10H,11H2,1H3. The molecule has 0 N–H and O–H groups in total. The molecule has 0 saturated heterocycles. The van der Waals surface area contributed by atoms with Gasteiger partial charge in [-0.1, -0.05) is 12.1 Å². The lowest BCUT2D eigenvalue weighted by Gasteiger charge is -2.10. The monoisotopic (exact) mass is 328 g/mol. The summed E-state index contributed by atoms with van der Waals surface area (Å²) in [6.07, 6.45) is 3.24. The maximum Gasteiger partial charge on any atom is 0.337 e. The molecule has 1 aromatic heterocycles. The summed E-state index contributed by atoms with van der Waals surface area (Å²) < 4.78 is 33.5. The normalized spacial score (nSPS) is 10.6. The Morgan fingerprint density at radius 1 is 1.21 bits per heavy atom. The van der Waals surface area contributed by atoms with Crippen LogP contribution in [0.4, 0.5) is 8.78 Å². The summed E-state index contributed by atoms with van der Waals surface area (Å²) in [7, 11) is 1.32. The van der Waals surface area contributed by atoms with Gasteiger partial charge in [0.05, 0.1) is 18.2 Å². The first-order valence-electron chi connectivity index (χ1n) is 7.22. The highest BCUT2D eigenvalue weighted by Crippen LogP contribution is 2.23. The second kappa shape index (κ2) is 6.62. The van der Waals surface area contributed by atoms with E-state index in [2.05, 4.69) is 4.98 Å². The third kappa shape index (κ3) is 3.17. The molecule has 6 heteroatoms. The first-order chi connectivity index (χ1) is 11.6. The summed E-state index contributed by atoms with van der Waals surface area (Å²) in [6.45, 7) is 0.386. The number of hydrogen-bond acceptors (Lipinski definition) is 3. The van der Waals surface area contributed by atoms with Crippen LogP contribution in [0.1, 0.15) is 15.9 Å². The van der Waals surface area contributed by atoms with Crippen LogP contribution in [-0.4, -0.2) is 22.6 Å². The third-order valence-electron chi connectivity index (χ3n) is 3.59. The van der Waals surface area contributed by atoms with E-state index in [1.165, 1.54) is 19.2 Å². The minimum atomic E-state index is -0.675. The number of esters is 1. The molecule has 3 rings (SSSR count). The average Bonchev–Trinajstić information content (AvgIpc) is 3.02. The lowest BCUT2D eigenvalue weighted by Crippen LogP contribution is -2.05. The van der Waals surface area contributed by atoms with E-state index in [1.54, 1.807) is 35.2 Å². The summed E-state index contributed by atoms with van der Waals surface area (Å²) in [5, 5.41) is 0. The Hall–Kier alpha value is -3.02. The van der Waals surface area contributed by atoms with E-state index >= 15 is 0 Å². The molecule has 0 fully saturated rings. The van der Waals surface area contributed by atoms with Gasteiger partial charge < -0.3 is 9.30 Å². The number of halogens is 2. The van der Waals surface area contributed by atoms with E-state index in [4.69, 9.17) is 4.74 Å². The molecule has 24 heavy (non-hydrogen) atoms. The van der Waals surface area contributed by atoms with Crippen molar-refractivity contribution in [2.75, 3.05) is 7.11 Å². The summed E-state index contributed by atoms with van der Waals surface area (Å²) in [5.74, 6) is -1.35. The lowest BCUT2D eigenvalue weighted by atomic mass is 10.1. The van der Waals surface area contributed by atoms with Crippen LogP contribution in [0.3, 0.4) is 0 Å². The van der Waals surface area contributed by atoms with Gasteiger partial charge in [0, 0.05) is 25.0 Å². The van der Waals surface area contributed by atoms with Gasteiger partial charge in [-0.2, -0.15) is 0 Å². The number of benzene rings is 2. The number of carbonyl (C=O) groups excluding carboxylic acids is 1. The van der Waals surface area contributed by atoms with Crippen LogP contribution < -0.4 is 0 Å². The van der Waals surface area contributed by atoms with Crippen LogP contribution in [0.5, 0.6) is 0 Å². The first-order valence-corrected chi connectivity index (χ1v) is 7.22. The SMILES string of the molecule is COC(=O)c1cccc(Cn2ccnc2-c2ccc(F)cc2F)c1. The third-order valence-corrected chi connectivity index (χ3v) is 3.59. The number of ether oxygens (including phenoxy) is 1. The molecule has 0 spiro atoms. The van der Waals surface area contributed by atoms with Crippen molar-refractivity contribution in [3.63, 3.8) is 0 Å². The molecule has 2 aromatic carbocycles. The number of hydrogen-bond donors (Lipinski definition) is 0. The van der Waals surface area contributed by atoms with Crippen LogP contribution in [0.15, 0.2) is 54.9 Å². The molecule has 122 valence electrons. The van der Waals surface area contributed by atoms with Gasteiger partial charge >= 0.3 is 5.97 Å². The van der Waals surface area contributed by atoms with Gasteiger partial charge in [-0.25, -0.2) is 18.6 Å². The molecule has 0 aliphatic rings. The number of methoxy groups -OCH3 is 1. The van der Waals surface area contributed by atoms with Gasteiger partial charge in [-0.15, -0.1) is 0 Å². The topological polar surface area (TPSA) is 44.1 Å². The average molecular weight is 328 g/mol. The van der Waals surface area contributed by atoms with E-state index in [0.29, 0.717) is 17.9 Å². The molecule has 4 nitrogen and oxygen atoms in total. The molecule has 0 radical (unpaired) electrons. The molecule has 0 unspecified atom stereocenters. The van der Waals surface area contributed by atoms with Crippen molar-refractivity contribution < 1.29 is 18.3 Å². The van der Waals surface area contributed by atoms with E-state index in [9.17, 15) is 13.6 Å². The van der Waals surface area contributed by atoms with Crippen LogP contribution in [-0.2, 0) is 11.3 Å². The van der Waals surface area contributed by atoms with E-state index in [1.807, 2.05) is 6.07 Å². The molecule has 0 atom stereocenters. The molecule has 0 aliphatic heterocycles. The Labute approximate surface area is 137 Å². The summed E-state index contributed by atoms with van der Waals surface area (Å²) in [6, 6.07) is 10.3. The number of imidazole rings is 1. The quantitative estimate of drug-likeness (QED) is 0.687. The fourth-order valence-electron chi connectivity index (χ4n) is 2.46. The van der Waals surface area contributed by atoms with E-state index < -0.39 is 17.6 Å². The zero-order chi connectivity index (χ0) is 17.1. The van der Waals surface area contributed by atoms with Crippen LogP contribution in [0.2, 0.25) is 0 Å². The van der Waals surface area contributed by atoms with Gasteiger partial charge in [0.25, 0.3) is 0 Å². The van der Waals surface area contributed by atoms with Crippen molar-refractivity contribution in [1.29, 1.82) is 0 Å². The van der Waals surface area contributed by atoms with Crippen molar-refractivity contribution in [3.8, 4) is 11.4 Å². The van der Waals surface area contributed by atoms with Crippen LogP contribution >= 0.6 is 0 Å². The summed E-state index contributed by atoms with van der Waals surface area (Å²) in [4.78, 5) is 15.8. The zero-order valence-electron chi connectivity index (χ0n) is 12.9. The summed E-state index contributed by atoms with van der Waals surface area (Å²) >= 11 is 0. The van der Waals surface area contributed by atoms with Crippen molar-refractivity contribution in [2.24, 2.45) is 0 Å².